The molecule has 4 rings (SSSR count). The molecule has 4 nitrogen and oxygen atoms in total. The highest BCUT2D eigenvalue weighted by molar-refractivity contribution is 7.89. The molecule has 2 atom stereocenters. The highest BCUT2D eigenvalue weighted by Gasteiger charge is 2.66. The molecule has 0 aliphatic heterocycles. The Labute approximate surface area is 152 Å². The van der Waals surface area contributed by atoms with Crippen LogP contribution in [0.5, 0.6) is 0 Å². The van der Waals surface area contributed by atoms with Crippen molar-refractivity contribution >= 4 is 15.8 Å². The molecule has 0 spiro atoms. The van der Waals surface area contributed by atoms with E-state index in [1.165, 1.54) is 0 Å². The maximum atomic E-state index is 13.7. The van der Waals surface area contributed by atoms with Crippen molar-refractivity contribution in [3.05, 3.63) is 0 Å². The number of ketones is 1. The average Bonchev–Trinajstić information content (AvgIpc) is 3.28. The van der Waals surface area contributed by atoms with Crippen LogP contribution in [-0.2, 0) is 14.8 Å². The largest absolute Gasteiger partial charge is 0.299 e. The normalized spacial score (nSPS) is 36.1. The van der Waals surface area contributed by atoms with Crippen molar-refractivity contribution in [2.75, 3.05) is 5.75 Å². The van der Waals surface area contributed by atoms with Crippen molar-refractivity contribution in [2.45, 2.75) is 96.6 Å². The van der Waals surface area contributed by atoms with Crippen LogP contribution in [0.2, 0.25) is 0 Å². The molecular formula is C20H33NO3S. The molecular weight excluding hydrogens is 334 g/mol. The van der Waals surface area contributed by atoms with Crippen LogP contribution in [0.3, 0.4) is 0 Å². The number of carbonyl (C=O) groups is 1. The van der Waals surface area contributed by atoms with Crippen LogP contribution < -0.4 is 0 Å². The molecule has 0 amide bonds. The minimum atomic E-state index is -3.41. The minimum absolute atomic E-state index is 0.0648. The summed E-state index contributed by atoms with van der Waals surface area (Å²) in [7, 11) is -3.41. The molecule has 2 bridgehead atoms. The third-order valence-corrected chi connectivity index (χ3v) is 10.4. The lowest BCUT2D eigenvalue weighted by Crippen LogP contribution is -2.51. The van der Waals surface area contributed by atoms with Gasteiger partial charge >= 0.3 is 0 Å². The Hall–Kier alpha value is -0.420. The molecule has 0 aromatic rings. The fourth-order valence-electron chi connectivity index (χ4n) is 6.56. The highest BCUT2D eigenvalue weighted by atomic mass is 32.2. The molecule has 0 saturated heterocycles. The van der Waals surface area contributed by atoms with E-state index >= 15 is 0 Å². The summed E-state index contributed by atoms with van der Waals surface area (Å²) in [5.74, 6) is 0.659. The van der Waals surface area contributed by atoms with Gasteiger partial charge in [-0.1, -0.05) is 39.5 Å². The maximum absolute atomic E-state index is 13.7. The molecule has 0 aromatic heterocycles. The fourth-order valence-corrected chi connectivity index (χ4v) is 9.34. The summed E-state index contributed by atoms with van der Waals surface area (Å²) in [6.45, 7) is 4.28. The summed E-state index contributed by atoms with van der Waals surface area (Å²) in [5.41, 5.74) is -0.805. The molecule has 0 radical (unpaired) electrons. The van der Waals surface area contributed by atoms with Crippen molar-refractivity contribution in [3.63, 3.8) is 0 Å². The third kappa shape index (κ3) is 2.63. The van der Waals surface area contributed by atoms with E-state index in [1.807, 2.05) is 4.31 Å². The van der Waals surface area contributed by atoms with Crippen molar-refractivity contribution in [1.82, 2.24) is 4.31 Å². The molecule has 142 valence electrons. The summed E-state index contributed by atoms with van der Waals surface area (Å²) < 4.78 is 29.2. The Morgan fingerprint density at radius 1 is 0.960 bits per heavy atom. The zero-order valence-electron chi connectivity index (χ0n) is 15.8. The summed E-state index contributed by atoms with van der Waals surface area (Å²) in [4.78, 5) is 12.8. The van der Waals surface area contributed by atoms with Gasteiger partial charge in [-0.05, 0) is 49.9 Å². The van der Waals surface area contributed by atoms with E-state index in [-0.39, 0.29) is 29.0 Å². The molecule has 4 fully saturated rings. The summed E-state index contributed by atoms with van der Waals surface area (Å²) in [6, 6.07) is 0.364. The topological polar surface area (TPSA) is 54.5 Å². The number of fused-ring (bicyclic) bond motifs is 2. The Morgan fingerprint density at radius 3 is 1.88 bits per heavy atom. The average molecular weight is 368 g/mol. The van der Waals surface area contributed by atoms with E-state index in [0.717, 1.165) is 64.2 Å². The van der Waals surface area contributed by atoms with E-state index < -0.39 is 15.4 Å². The van der Waals surface area contributed by atoms with Crippen molar-refractivity contribution < 1.29 is 13.2 Å². The van der Waals surface area contributed by atoms with Crippen molar-refractivity contribution in [1.29, 1.82) is 0 Å². The van der Waals surface area contributed by atoms with Crippen molar-refractivity contribution in [2.24, 2.45) is 16.7 Å². The molecule has 0 heterocycles. The second-order valence-electron chi connectivity index (χ2n) is 9.63. The standard InChI is InChI=1S/C20H33NO3S/c1-19(2)15-11-12-20(19,18(22)13-15)14-25(23,24)21(16-7-3-4-8-16)17-9-5-6-10-17/h15-17H,3-14H2,1-2H3. The number of rotatable bonds is 5. The van der Waals surface area contributed by atoms with Gasteiger partial charge in [-0.3, -0.25) is 4.79 Å². The van der Waals surface area contributed by atoms with Gasteiger partial charge in [0, 0.05) is 23.9 Å². The van der Waals surface area contributed by atoms with Gasteiger partial charge in [0.25, 0.3) is 0 Å². The maximum Gasteiger partial charge on any atom is 0.215 e. The Bertz CT molecular complexity index is 628. The summed E-state index contributed by atoms with van der Waals surface area (Å²) >= 11 is 0. The molecule has 4 saturated carbocycles. The summed E-state index contributed by atoms with van der Waals surface area (Å²) in [6.07, 6.45) is 10.9. The Balaban J connectivity index is 1.66. The van der Waals surface area contributed by atoms with Gasteiger partial charge in [0.1, 0.15) is 5.78 Å². The van der Waals surface area contributed by atoms with E-state index in [4.69, 9.17) is 0 Å². The van der Waals surface area contributed by atoms with Gasteiger partial charge in [-0.25, -0.2) is 8.42 Å². The Kier molecular flexibility index (Phi) is 4.35. The zero-order valence-corrected chi connectivity index (χ0v) is 16.6. The van der Waals surface area contributed by atoms with Gasteiger partial charge in [-0.15, -0.1) is 0 Å². The van der Waals surface area contributed by atoms with Gasteiger partial charge in [0.15, 0.2) is 0 Å². The van der Waals surface area contributed by atoms with Crippen LogP contribution in [0, 0.1) is 16.7 Å². The molecule has 4 aliphatic carbocycles. The zero-order chi connectivity index (χ0) is 17.9. The van der Waals surface area contributed by atoms with E-state index in [9.17, 15) is 13.2 Å². The van der Waals surface area contributed by atoms with Gasteiger partial charge in [0.05, 0.1) is 5.75 Å². The first kappa shape index (κ1) is 18.0. The van der Waals surface area contributed by atoms with Gasteiger partial charge in [-0.2, -0.15) is 4.31 Å². The lowest BCUT2D eigenvalue weighted by atomic mass is 9.70. The smallest absolute Gasteiger partial charge is 0.215 e. The van der Waals surface area contributed by atoms with E-state index in [0.29, 0.717) is 12.3 Å². The lowest BCUT2D eigenvalue weighted by molar-refractivity contribution is -0.128. The molecule has 2 unspecified atom stereocenters. The van der Waals surface area contributed by atoms with E-state index in [1.54, 1.807) is 0 Å². The second-order valence-corrected chi connectivity index (χ2v) is 11.5. The van der Waals surface area contributed by atoms with Crippen LogP contribution >= 0.6 is 0 Å². The quantitative estimate of drug-likeness (QED) is 0.740. The first-order valence-electron chi connectivity index (χ1n) is 10.3. The summed E-state index contributed by atoms with van der Waals surface area (Å²) in [5, 5.41) is 0. The van der Waals surface area contributed by atoms with Crippen molar-refractivity contribution in [3.8, 4) is 0 Å². The predicted octanol–water partition coefficient (Wildman–Crippen LogP) is 3.90. The number of hydrogen-bond donors (Lipinski definition) is 0. The SMILES string of the molecule is CC1(C)C2CCC1(CS(=O)(=O)N(C1CCCC1)C1CCCC1)C(=O)C2. The molecule has 4 aliphatic rings. The van der Waals surface area contributed by atoms with Crippen LogP contribution in [0.25, 0.3) is 0 Å². The molecule has 0 aromatic carbocycles. The molecule has 5 heteroatoms. The van der Waals surface area contributed by atoms with E-state index in [2.05, 4.69) is 13.8 Å². The number of sulfonamides is 1. The second kappa shape index (κ2) is 6.05. The number of Topliss-reactive ketones (excluding diaryl/α,β-unsaturated/α-hetero) is 1. The fraction of sp³-hybridized carbons (Fsp3) is 0.950. The van der Waals surface area contributed by atoms with Crippen LogP contribution in [0.15, 0.2) is 0 Å². The van der Waals surface area contributed by atoms with Gasteiger partial charge < -0.3 is 0 Å². The highest BCUT2D eigenvalue weighted by Crippen LogP contribution is 2.64. The van der Waals surface area contributed by atoms with Crippen LogP contribution in [0.1, 0.15) is 84.5 Å². The number of hydrogen-bond acceptors (Lipinski definition) is 3. The van der Waals surface area contributed by atoms with Crippen LogP contribution in [0.4, 0.5) is 0 Å². The first-order valence-corrected chi connectivity index (χ1v) is 11.9. The minimum Gasteiger partial charge on any atom is -0.299 e. The Morgan fingerprint density at radius 2 is 1.48 bits per heavy atom. The molecule has 25 heavy (non-hydrogen) atoms. The van der Waals surface area contributed by atoms with Crippen LogP contribution in [-0.4, -0.2) is 36.3 Å². The third-order valence-electron chi connectivity index (χ3n) is 8.26. The number of nitrogens with zero attached hydrogens (tertiary/aromatic N) is 1. The number of carbonyl (C=O) groups excluding carboxylic acids is 1. The van der Waals surface area contributed by atoms with Gasteiger partial charge in [0.2, 0.25) is 10.0 Å². The predicted molar refractivity (Wildman–Crippen MR) is 98.7 cm³/mol. The first-order chi connectivity index (χ1) is 11.8. The lowest BCUT2D eigenvalue weighted by Gasteiger charge is -2.40. The molecule has 0 N–H and O–H groups in total. The monoisotopic (exact) mass is 367 g/mol.